The molecule has 0 spiro atoms. The maximum absolute atomic E-state index is 14.8. The Hall–Kier alpha value is -3.90. The highest BCUT2D eigenvalue weighted by Crippen LogP contribution is 2.48. The van der Waals surface area contributed by atoms with Crippen molar-refractivity contribution < 1.29 is 14.1 Å². The van der Waals surface area contributed by atoms with Gasteiger partial charge in [-0.3, -0.25) is 15.2 Å². The van der Waals surface area contributed by atoms with Gasteiger partial charge in [0, 0.05) is 28.3 Å². The number of rotatable bonds is 3. The van der Waals surface area contributed by atoms with Crippen molar-refractivity contribution in [3.63, 3.8) is 0 Å². The number of ether oxygens (including phenoxy) is 1. The number of nitro groups is 1. The van der Waals surface area contributed by atoms with Crippen LogP contribution in [-0.4, -0.2) is 15.1 Å². The Balaban J connectivity index is 2.00. The lowest BCUT2D eigenvalue weighted by Crippen LogP contribution is -2.21. The third-order valence-corrected chi connectivity index (χ3v) is 4.90. The molecule has 0 radical (unpaired) electrons. The molecule has 0 fully saturated rings. The smallest absolute Gasteiger partial charge is 0.270 e. The molecule has 0 saturated carbocycles. The summed E-state index contributed by atoms with van der Waals surface area (Å²) in [5, 5.41) is 27.7. The van der Waals surface area contributed by atoms with Crippen LogP contribution in [0.1, 0.15) is 17.0 Å². The minimum absolute atomic E-state index is 0.0336. The number of non-ortho nitro benzene ring substituents is 1. The lowest BCUT2D eigenvalue weighted by Gasteiger charge is -2.25. The molecule has 2 aromatic carbocycles. The van der Waals surface area contributed by atoms with E-state index in [9.17, 15) is 19.8 Å². The number of aromatic nitrogens is 2. The van der Waals surface area contributed by atoms with Gasteiger partial charge < -0.3 is 10.5 Å². The molecule has 10 heteroatoms. The van der Waals surface area contributed by atoms with Gasteiger partial charge in [0.05, 0.1) is 22.1 Å². The predicted octanol–water partition coefficient (Wildman–Crippen LogP) is 4.00. The van der Waals surface area contributed by atoms with E-state index in [-0.39, 0.29) is 33.6 Å². The van der Waals surface area contributed by atoms with Gasteiger partial charge in [0.15, 0.2) is 0 Å². The highest BCUT2D eigenvalue weighted by molar-refractivity contribution is 6.31. The molecule has 29 heavy (non-hydrogen) atoms. The first-order valence-electron chi connectivity index (χ1n) is 8.27. The molecule has 1 atom stereocenters. The number of aromatic amines is 1. The summed E-state index contributed by atoms with van der Waals surface area (Å²) in [5.41, 5.74) is 6.76. The first kappa shape index (κ1) is 18.5. The Bertz CT molecular complexity index is 1210. The van der Waals surface area contributed by atoms with Gasteiger partial charge in [-0.05, 0) is 12.1 Å². The van der Waals surface area contributed by atoms with Crippen LogP contribution in [0.2, 0.25) is 5.02 Å². The maximum Gasteiger partial charge on any atom is 0.270 e. The zero-order chi connectivity index (χ0) is 20.7. The van der Waals surface area contributed by atoms with Gasteiger partial charge in [0.25, 0.3) is 5.69 Å². The van der Waals surface area contributed by atoms with E-state index in [0.717, 1.165) is 0 Å². The van der Waals surface area contributed by atoms with Crippen molar-refractivity contribution in [1.29, 1.82) is 5.26 Å². The van der Waals surface area contributed by atoms with Crippen LogP contribution in [0.4, 0.5) is 10.1 Å². The summed E-state index contributed by atoms with van der Waals surface area (Å²) < 4.78 is 20.2. The molecule has 144 valence electrons. The Morgan fingerprint density at radius 3 is 2.76 bits per heavy atom. The quantitative estimate of drug-likeness (QED) is 0.494. The second-order valence-corrected chi connectivity index (χ2v) is 6.59. The molecular weight excluding hydrogens is 401 g/mol. The SMILES string of the molecule is N#CC1=C(N)Oc2n[nH]c(-c3cccc([N+](=O)[O-])c3)c2[C@H]1c1c(F)cccc1Cl. The lowest BCUT2D eigenvalue weighted by atomic mass is 9.82. The number of hydrogen-bond acceptors (Lipinski definition) is 6. The van der Waals surface area contributed by atoms with E-state index in [1.165, 1.54) is 36.4 Å². The summed E-state index contributed by atoms with van der Waals surface area (Å²) >= 11 is 6.26. The molecule has 1 aliphatic heterocycles. The summed E-state index contributed by atoms with van der Waals surface area (Å²) in [6.45, 7) is 0. The van der Waals surface area contributed by atoms with Gasteiger partial charge in [-0.1, -0.05) is 29.8 Å². The highest BCUT2D eigenvalue weighted by atomic mass is 35.5. The molecule has 1 aliphatic rings. The normalized spacial score (nSPS) is 15.4. The van der Waals surface area contributed by atoms with Gasteiger partial charge >= 0.3 is 0 Å². The molecule has 1 aromatic heterocycles. The average molecular weight is 412 g/mol. The fourth-order valence-electron chi connectivity index (χ4n) is 3.32. The topological polar surface area (TPSA) is 131 Å². The minimum atomic E-state index is -1.01. The van der Waals surface area contributed by atoms with Crippen molar-refractivity contribution in [3.8, 4) is 23.2 Å². The summed E-state index contributed by atoms with van der Waals surface area (Å²) in [7, 11) is 0. The van der Waals surface area contributed by atoms with Crippen LogP contribution in [0.25, 0.3) is 11.3 Å². The number of fused-ring (bicyclic) bond motifs is 1. The van der Waals surface area contributed by atoms with E-state index < -0.39 is 16.7 Å². The third kappa shape index (κ3) is 2.96. The van der Waals surface area contributed by atoms with E-state index in [0.29, 0.717) is 16.8 Å². The number of nitrogens with two attached hydrogens (primary N) is 1. The molecule has 3 N–H and O–H groups in total. The van der Waals surface area contributed by atoms with Crippen LogP contribution in [0.3, 0.4) is 0 Å². The number of nitriles is 1. The first-order valence-corrected chi connectivity index (χ1v) is 8.64. The molecule has 0 saturated heterocycles. The van der Waals surface area contributed by atoms with Crippen molar-refractivity contribution in [2.24, 2.45) is 5.73 Å². The molecular formula is C19H11ClFN5O3. The van der Waals surface area contributed by atoms with Gasteiger partial charge in [0.1, 0.15) is 17.5 Å². The Morgan fingerprint density at radius 1 is 1.31 bits per heavy atom. The van der Waals surface area contributed by atoms with Gasteiger partial charge in [-0.15, -0.1) is 5.10 Å². The van der Waals surface area contributed by atoms with Crippen LogP contribution in [0.15, 0.2) is 53.9 Å². The summed E-state index contributed by atoms with van der Waals surface area (Å²) in [5.74, 6) is -1.83. The van der Waals surface area contributed by atoms with Gasteiger partial charge in [-0.25, -0.2) is 4.39 Å². The van der Waals surface area contributed by atoms with Crippen molar-refractivity contribution in [2.75, 3.05) is 0 Å². The third-order valence-electron chi connectivity index (χ3n) is 4.57. The molecule has 4 rings (SSSR count). The van der Waals surface area contributed by atoms with E-state index in [2.05, 4.69) is 10.2 Å². The largest absolute Gasteiger partial charge is 0.420 e. The predicted molar refractivity (Wildman–Crippen MR) is 101 cm³/mol. The second kappa shape index (κ2) is 6.92. The number of benzene rings is 2. The fraction of sp³-hybridized carbons (Fsp3) is 0.0526. The monoisotopic (exact) mass is 411 g/mol. The fourth-order valence-corrected chi connectivity index (χ4v) is 3.59. The van der Waals surface area contributed by atoms with Crippen molar-refractivity contribution in [2.45, 2.75) is 5.92 Å². The molecule has 0 amide bonds. The molecule has 8 nitrogen and oxygen atoms in total. The van der Waals surface area contributed by atoms with Crippen LogP contribution >= 0.6 is 11.6 Å². The van der Waals surface area contributed by atoms with Gasteiger partial charge in [0.2, 0.25) is 11.8 Å². The second-order valence-electron chi connectivity index (χ2n) is 6.19. The van der Waals surface area contributed by atoms with E-state index in [1.54, 1.807) is 6.07 Å². The maximum atomic E-state index is 14.8. The van der Waals surface area contributed by atoms with Crippen molar-refractivity contribution in [1.82, 2.24) is 10.2 Å². The number of nitrogens with zero attached hydrogens (tertiary/aromatic N) is 3. The Labute approximate surface area is 168 Å². The number of allylic oxidation sites excluding steroid dienone is 1. The number of nitrogens with one attached hydrogen (secondary N) is 1. The Kier molecular flexibility index (Phi) is 4.41. The van der Waals surface area contributed by atoms with Crippen molar-refractivity contribution >= 4 is 17.3 Å². The molecule has 2 heterocycles. The van der Waals surface area contributed by atoms with E-state index in [1.807, 2.05) is 6.07 Å². The average Bonchev–Trinajstić information content (AvgIpc) is 3.11. The molecule has 0 bridgehead atoms. The first-order chi connectivity index (χ1) is 13.9. The lowest BCUT2D eigenvalue weighted by molar-refractivity contribution is -0.384. The zero-order valence-electron chi connectivity index (χ0n) is 14.5. The van der Waals surface area contributed by atoms with Crippen molar-refractivity contribution in [3.05, 3.63) is 86.0 Å². The summed E-state index contributed by atoms with van der Waals surface area (Å²) in [6.07, 6.45) is 0. The van der Waals surface area contributed by atoms with E-state index in [4.69, 9.17) is 22.1 Å². The van der Waals surface area contributed by atoms with Gasteiger partial charge in [-0.2, -0.15) is 5.26 Å². The van der Waals surface area contributed by atoms with Crippen LogP contribution < -0.4 is 10.5 Å². The number of halogens is 2. The standard InChI is InChI=1S/C19H11ClFN5O3/c20-12-5-2-6-13(21)15(12)14-11(8-22)18(23)29-19-16(14)17(24-25-19)9-3-1-4-10(7-9)26(27)28/h1-7,14H,23H2,(H,24,25)/t14-/m1/s1. The Morgan fingerprint density at radius 2 is 2.07 bits per heavy atom. The number of hydrogen-bond donors (Lipinski definition) is 2. The van der Waals surface area contributed by atoms with Crippen LogP contribution in [0.5, 0.6) is 5.88 Å². The summed E-state index contributed by atoms with van der Waals surface area (Å²) in [4.78, 5) is 10.6. The molecule has 0 unspecified atom stereocenters. The minimum Gasteiger partial charge on any atom is -0.420 e. The number of H-pyrrole nitrogens is 1. The van der Waals surface area contributed by atoms with Crippen LogP contribution in [0, 0.1) is 27.3 Å². The zero-order valence-corrected chi connectivity index (χ0v) is 15.3. The molecule has 3 aromatic rings. The summed E-state index contributed by atoms with van der Waals surface area (Å²) in [6, 6.07) is 11.9. The highest BCUT2D eigenvalue weighted by Gasteiger charge is 2.38. The van der Waals surface area contributed by atoms with Crippen LogP contribution in [-0.2, 0) is 0 Å². The van der Waals surface area contributed by atoms with E-state index >= 15 is 0 Å². The number of nitro benzene ring substituents is 1. The molecule has 0 aliphatic carbocycles.